The lowest BCUT2D eigenvalue weighted by atomic mass is 10.1. The highest BCUT2D eigenvalue weighted by Gasteiger charge is 2.04. The number of hydrogen-bond donors (Lipinski definition) is 0. The van der Waals surface area contributed by atoms with Crippen LogP contribution in [0.1, 0.15) is 12.0 Å². The fraction of sp³-hybridized carbons (Fsp3) is 0.333. The molecule has 0 aliphatic rings. The molecule has 1 aromatic carbocycles. The summed E-state index contributed by atoms with van der Waals surface area (Å²) in [4.78, 5) is 0. The largest absolute Gasteiger partial charge is 0.350 e. The number of halogens is 1. The van der Waals surface area contributed by atoms with Gasteiger partial charge in [0.25, 0.3) is 0 Å². The van der Waals surface area contributed by atoms with Crippen LogP contribution in [0.15, 0.2) is 30.5 Å². The molecule has 1 aromatic heterocycles. The zero-order valence-electron chi connectivity index (χ0n) is 8.33. The van der Waals surface area contributed by atoms with Crippen molar-refractivity contribution in [2.24, 2.45) is 7.05 Å². The normalized spacial score (nSPS) is 11.0. The van der Waals surface area contributed by atoms with Gasteiger partial charge in [0.1, 0.15) is 0 Å². The van der Waals surface area contributed by atoms with Crippen molar-refractivity contribution in [3.8, 4) is 0 Å². The molecular formula is C12H14BrN. The number of alkyl halides is 1. The number of rotatable bonds is 3. The van der Waals surface area contributed by atoms with Crippen LogP contribution in [-0.2, 0) is 13.5 Å². The van der Waals surface area contributed by atoms with Crippen LogP contribution in [0.3, 0.4) is 0 Å². The van der Waals surface area contributed by atoms with E-state index in [9.17, 15) is 0 Å². The van der Waals surface area contributed by atoms with Gasteiger partial charge in [-0.05, 0) is 24.5 Å². The number of aromatic nitrogens is 1. The van der Waals surface area contributed by atoms with Gasteiger partial charge in [0.2, 0.25) is 0 Å². The minimum atomic E-state index is 1.08. The molecule has 0 fully saturated rings. The number of benzene rings is 1. The summed E-state index contributed by atoms with van der Waals surface area (Å²) in [5.74, 6) is 0. The summed E-state index contributed by atoms with van der Waals surface area (Å²) >= 11 is 3.47. The lowest BCUT2D eigenvalue weighted by Gasteiger charge is -1.95. The SMILES string of the molecule is Cn1cc(CCCBr)c2ccccc21. The fourth-order valence-corrected chi connectivity index (χ4v) is 2.16. The van der Waals surface area contributed by atoms with Gasteiger partial charge in [-0.15, -0.1) is 0 Å². The van der Waals surface area contributed by atoms with Crippen LogP contribution in [-0.4, -0.2) is 9.90 Å². The van der Waals surface area contributed by atoms with Crippen LogP contribution in [0, 0.1) is 0 Å². The molecule has 0 N–H and O–H groups in total. The Morgan fingerprint density at radius 3 is 2.86 bits per heavy atom. The van der Waals surface area contributed by atoms with Crippen molar-refractivity contribution in [1.82, 2.24) is 4.57 Å². The van der Waals surface area contributed by atoms with E-state index in [4.69, 9.17) is 0 Å². The van der Waals surface area contributed by atoms with E-state index in [1.54, 1.807) is 0 Å². The van der Waals surface area contributed by atoms with Gasteiger partial charge in [0, 0.05) is 29.5 Å². The first-order chi connectivity index (χ1) is 6.83. The van der Waals surface area contributed by atoms with E-state index in [2.05, 4.69) is 58.0 Å². The second kappa shape index (κ2) is 4.18. The Balaban J connectivity index is 2.44. The maximum Gasteiger partial charge on any atom is 0.0480 e. The van der Waals surface area contributed by atoms with Crippen LogP contribution in [0.5, 0.6) is 0 Å². The van der Waals surface area contributed by atoms with Crippen LogP contribution in [0.25, 0.3) is 10.9 Å². The van der Waals surface area contributed by atoms with Gasteiger partial charge in [0.05, 0.1) is 0 Å². The molecule has 2 aromatic rings. The highest BCUT2D eigenvalue weighted by Crippen LogP contribution is 2.21. The van der Waals surface area contributed by atoms with Crippen LogP contribution >= 0.6 is 15.9 Å². The molecular weight excluding hydrogens is 238 g/mol. The van der Waals surface area contributed by atoms with Crippen LogP contribution in [0.4, 0.5) is 0 Å². The van der Waals surface area contributed by atoms with Gasteiger partial charge in [-0.3, -0.25) is 0 Å². The minimum absolute atomic E-state index is 1.08. The predicted molar refractivity (Wildman–Crippen MR) is 65.0 cm³/mol. The Labute approximate surface area is 92.9 Å². The van der Waals surface area contributed by atoms with E-state index >= 15 is 0 Å². The molecule has 0 bridgehead atoms. The van der Waals surface area contributed by atoms with Crippen molar-refractivity contribution in [3.05, 3.63) is 36.0 Å². The van der Waals surface area contributed by atoms with Crippen molar-refractivity contribution in [2.45, 2.75) is 12.8 Å². The van der Waals surface area contributed by atoms with Gasteiger partial charge in [-0.1, -0.05) is 34.1 Å². The average Bonchev–Trinajstić information content (AvgIpc) is 2.54. The second-order valence-electron chi connectivity index (χ2n) is 3.57. The van der Waals surface area contributed by atoms with E-state index < -0.39 is 0 Å². The molecule has 0 amide bonds. The Hall–Kier alpha value is -0.760. The Kier molecular flexibility index (Phi) is 2.92. The van der Waals surface area contributed by atoms with Crippen molar-refractivity contribution < 1.29 is 0 Å². The Morgan fingerprint density at radius 2 is 2.07 bits per heavy atom. The first kappa shape index (κ1) is 9.78. The highest BCUT2D eigenvalue weighted by molar-refractivity contribution is 9.09. The number of fused-ring (bicyclic) bond motifs is 1. The molecule has 1 heterocycles. The summed E-state index contributed by atoms with van der Waals surface area (Å²) in [6.07, 6.45) is 4.61. The summed E-state index contributed by atoms with van der Waals surface area (Å²) in [5.41, 5.74) is 2.79. The number of hydrogen-bond acceptors (Lipinski definition) is 0. The lowest BCUT2D eigenvalue weighted by Crippen LogP contribution is -1.84. The van der Waals surface area contributed by atoms with Gasteiger partial charge in [-0.25, -0.2) is 0 Å². The molecule has 14 heavy (non-hydrogen) atoms. The van der Waals surface area contributed by atoms with Gasteiger partial charge >= 0.3 is 0 Å². The Bertz CT molecular complexity index is 431. The monoisotopic (exact) mass is 251 g/mol. The summed E-state index contributed by atoms with van der Waals surface area (Å²) in [7, 11) is 2.11. The zero-order chi connectivity index (χ0) is 9.97. The molecule has 0 aliphatic heterocycles. The predicted octanol–water partition coefficient (Wildman–Crippen LogP) is 3.51. The molecule has 2 rings (SSSR count). The summed E-state index contributed by atoms with van der Waals surface area (Å²) in [6.45, 7) is 0. The van der Waals surface area contributed by atoms with Crippen LogP contribution < -0.4 is 0 Å². The smallest absolute Gasteiger partial charge is 0.0480 e. The van der Waals surface area contributed by atoms with E-state index in [1.807, 2.05) is 0 Å². The molecule has 0 spiro atoms. The summed E-state index contributed by atoms with van der Waals surface area (Å²) in [5, 5.41) is 2.48. The minimum Gasteiger partial charge on any atom is -0.350 e. The van der Waals surface area contributed by atoms with Crippen molar-refractivity contribution in [2.75, 3.05) is 5.33 Å². The molecule has 0 saturated carbocycles. The Morgan fingerprint density at radius 1 is 1.29 bits per heavy atom. The molecule has 0 radical (unpaired) electrons. The van der Waals surface area contributed by atoms with Crippen molar-refractivity contribution in [3.63, 3.8) is 0 Å². The van der Waals surface area contributed by atoms with E-state index in [0.717, 1.165) is 11.8 Å². The molecule has 74 valence electrons. The third kappa shape index (κ3) is 1.71. The highest BCUT2D eigenvalue weighted by atomic mass is 79.9. The van der Waals surface area contributed by atoms with E-state index in [1.165, 1.54) is 22.9 Å². The topological polar surface area (TPSA) is 4.93 Å². The zero-order valence-corrected chi connectivity index (χ0v) is 9.92. The maximum atomic E-state index is 3.47. The standard InChI is InChI=1S/C12H14BrN/c1-14-9-10(5-4-8-13)11-6-2-3-7-12(11)14/h2-3,6-7,9H,4-5,8H2,1H3. The number of para-hydroxylation sites is 1. The fourth-order valence-electron chi connectivity index (χ4n) is 1.88. The second-order valence-corrected chi connectivity index (χ2v) is 4.37. The van der Waals surface area contributed by atoms with Gasteiger partial charge < -0.3 is 4.57 Å². The quantitative estimate of drug-likeness (QED) is 0.737. The molecule has 2 heteroatoms. The number of aryl methyl sites for hydroxylation is 2. The maximum absolute atomic E-state index is 3.47. The van der Waals surface area contributed by atoms with Crippen molar-refractivity contribution in [1.29, 1.82) is 0 Å². The molecule has 0 unspecified atom stereocenters. The molecule has 0 atom stereocenters. The first-order valence-electron chi connectivity index (χ1n) is 4.92. The number of nitrogens with zero attached hydrogens (tertiary/aromatic N) is 1. The van der Waals surface area contributed by atoms with E-state index in [-0.39, 0.29) is 0 Å². The van der Waals surface area contributed by atoms with Crippen molar-refractivity contribution >= 4 is 26.8 Å². The average molecular weight is 252 g/mol. The van der Waals surface area contributed by atoms with Gasteiger partial charge in [0.15, 0.2) is 0 Å². The third-order valence-corrected chi connectivity index (χ3v) is 3.12. The van der Waals surface area contributed by atoms with Crippen LogP contribution in [0.2, 0.25) is 0 Å². The summed E-state index contributed by atoms with van der Waals surface area (Å²) in [6, 6.07) is 8.59. The molecule has 0 aliphatic carbocycles. The molecule has 1 nitrogen and oxygen atoms in total. The van der Waals surface area contributed by atoms with Gasteiger partial charge in [-0.2, -0.15) is 0 Å². The summed E-state index contributed by atoms with van der Waals surface area (Å²) < 4.78 is 2.21. The molecule has 0 saturated heterocycles. The third-order valence-electron chi connectivity index (χ3n) is 2.56. The first-order valence-corrected chi connectivity index (χ1v) is 6.04. The lowest BCUT2D eigenvalue weighted by molar-refractivity contribution is 0.913. The van der Waals surface area contributed by atoms with E-state index in [0.29, 0.717) is 0 Å².